The molecule has 2 aromatic rings. The molecule has 8 heteroatoms. The Morgan fingerprint density at radius 2 is 1.73 bits per heavy atom. The lowest BCUT2D eigenvalue weighted by atomic mass is 9.79. The standard InChI is InChI=1S/C32H42N2O5S/c1-8-38-28(35)18-20-32(33-40(37)31(5,6)7)19-13-21-34(29(36)39-30(2,3)4)27(32)23-24-14-12-17-26(22-24)25-15-10-9-11-16-25/h9-12,14-17,22,27,33H,8,13,19,21,23H2,1-7H3/t27?,32?,40-/m1/s1. The number of amides is 1. The van der Waals surface area contributed by atoms with E-state index in [-0.39, 0.29) is 6.61 Å². The van der Waals surface area contributed by atoms with Gasteiger partial charge in [-0.25, -0.2) is 18.5 Å². The number of benzene rings is 2. The van der Waals surface area contributed by atoms with Gasteiger partial charge in [-0.15, -0.1) is 0 Å². The number of ether oxygens (including phenoxy) is 2. The minimum atomic E-state index is -1.54. The molecule has 7 nitrogen and oxygen atoms in total. The van der Waals surface area contributed by atoms with Crippen molar-refractivity contribution in [1.82, 2.24) is 9.62 Å². The highest BCUT2D eigenvalue weighted by Crippen LogP contribution is 2.34. The normalized spacial score (nSPS) is 20.2. The van der Waals surface area contributed by atoms with Crippen LogP contribution in [0.15, 0.2) is 54.6 Å². The summed E-state index contributed by atoms with van der Waals surface area (Å²) in [5, 5.41) is 0. The molecule has 3 rings (SSSR count). The van der Waals surface area contributed by atoms with Gasteiger partial charge in [-0.3, -0.25) is 0 Å². The Kier molecular flexibility index (Phi) is 10.2. The number of rotatable bonds is 6. The molecule has 2 unspecified atom stereocenters. The lowest BCUT2D eigenvalue weighted by molar-refractivity contribution is -0.136. The third-order valence-electron chi connectivity index (χ3n) is 6.50. The van der Waals surface area contributed by atoms with Crippen LogP contribution in [0.2, 0.25) is 0 Å². The number of piperidine rings is 1. The Bertz CT molecular complexity index is 1270. The molecule has 0 spiro atoms. The van der Waals surface area contributed by atoms with Gasteiger partial charge in [0.15, 0.2) is 0 Å². The van der Waals surface area contributed by atoms with Crippen molar-refractivity contribution in [2.45, 2.75) is 89.7 Å². The quantitative estimate of drug-likeness (QED) is 0.277. The minimum Gasteiger partial charge on any atom is -0.456 e. The van der Waals surface area contributed by atoms with Crippen LogP contribution in [0.3, 0.4) is 0 Å². The van der Waals surface area contributed by atoms with Gasteiger partial charge in [0, 0.05) is 12.5 Å². The van der Waals surface area contributed by atoms with E-state index in [2.05, 4.69) is 34.8 Å². The highest BCUT2D eigenvalue weighted by molar-refractivity contribution is 7.84. The zero-order valence-corrected chi connectivity index (χ0v) is 25.5. The molecule has 0 bridgehead atoms. The Morgan fingerprint density at radius 1 is 1.05 bits per heavy atom. The molecule has 0 aromatic heterocycles. The Morgan fingerprint density at radius 3 is 2.35 bits per heavy atom. The first-order chi connectivity index (χ1) is 18.7. The second-order valence-electron chi connectivity index (χ2n) is 12.0. The monoisotopic (exact) mass is 566 g/mol. The van der Waals surface area contributed by atoms with E-state index in [1.165, 1.54) is 0 Å². The number of likely N-dealkylation sites (tertiary alicyclic amines) is 1. The number of nitrogens with zero attached hydrogens (tertiary/aromatic N) is 1. The van der Waals surface area contributed by atoms with Crippen LogP contribution in [-0.2, 0) is 31.7 Å². The summed E-state index contributed by atoms with van der Waals surface area (Å²) >= 11 is 0. The highest BCUT2D eigenvalue weighted by Gasteiger charge is 2.48. The second kappa shape index (κ2) is 13.0. The van der Waals surface area contributed by atoms with E-state index < -0.39 is 45.0 Å². The van der Waals surface area contributed by atoms with Crippen LogP contribution < -0.4 is 4.72 Å². The fourth-order valence-corrected chi connectivity index (χ4v) is 5.54. The molecular formula is C32H42N2O5S. The molecule has 40 heavy (non-hydrogen) atoms. The zero-order chi connectivity index (χ0) is 29.6. The molecule has 1 aliphatic heterocycles. The van der Waals surface area contributed by atoms with Crippen molar-refractivity contribution in [1.29, 1.82) is 0 Å². The van der Waals surface area contributed by atoms with Gasteiger partial charge in [0.2, 0.25) is 0 Å². The smallest absolute Gasteiger partial charge is 0.410 e. The van der Waals surface area contributed by atoms with Gasteiger partial charge >= 0.3 is 12.1 Å². The van der Waals surface area contributed by atoms with Crippen LogP contribution in [0.1, 0.15) is 66.9 Å². The minimum absolute atomic E-state index is 0.196. The number of nitrogens with one attached hydrogen (secondary N) is 1. The van der Waals surface area contributed by atoms with Crippen LogP contribution in [0.4, 0.5) is 4.79 Å². The molecule has 0 radical (unpaired) electrons. The third-order valence-corrected chi connectivity index (χ3v) is 8.16. The summed E-state index contributed by atoms with van der Waals surface area (Å²) in [7, 11) is -1.54. The molecule has 3 atom stereocenters. The van der Waals surface area contributed by atoms with Gasteiger partial charge in [0.25, 0.3) is 0 Å². The summed E-state index contributed by atoms with van der Waals surface area (Å²) in [6, 6.07) is 17.6. The topological polar surface area (TPSA) is 84.9 Å². The molecule has 1 heterocycles. The first-order valence-electron chi connectivity index (χ1n) is 13.8. The first-order valence-corrected chi connectivity index (χ1v) is 14.9. The van der Waals surface area contributed by atoms with Crippen molar-refractivity contribution >= 4 is 23.0 Å². The lowest BCUT2D eigenvalue weighted by Crippen LogP contribution is -2.66. The summed E-state index contributed by atoms with van der Waals surface area (Å²) in [5.41, 5.74) is 1.26. The number of esters is 1. The van der Waals surface area contributed by atoms with Crippen LogP contribution in [0, 0.1) is 11.8 Å². The number of carbonyl (C=O) groups is 2. The van der Waals surface area contributed by atoms with Crippen molar-refractivity contribution in [2.75, 3.05) is 13.2 Å². The van der Waals surface area contributed by atoms with Crippen molar-refractivity contribution in [3.05, 3.63) is 60.2 Å². The molecule has 2 aromatic carbocycles. The van der Waals surface area contributed by atoms with Crippen LogP contribution in [-0.4, -0.2) is 56.3 Å². The predicted octanol–water partition coefficient (Wildman–Crippen LogP) is 5.65. The Hall–Kier alpha value is -3.15. The van der Waals surface area contributed by atoms with Gasteiger partial charge in [0.1, 0.15) is 11.1 Å². The fourth-order valence-electron chi connectivity index (χ4n) is 4.61. The van der Waals surface area contributed by atoms with Crippen LogP contribution >= 0.6 is 0 Å². The summed E-state index contributed by atoms with van der Waals surface area (Å²) in [5.74, 6) is 5.07. The van der Waals surface area contributed by atoms with Gasteiger partial charge in [-0.2, -0.15) is 0 Å². The van der Waals surface area contributed by atoms with E-state index >= 15 is 0 Å². The van der Waals surface area contributed by atoms with E-state index in [0.717, 1.165) is 16.7 Å². The SMILES string of the molecule is CCOC(=O)C#CC1(N[S@](=O)C(C)(C)C)CCCN(C(=O)OC(C)(C)C)C1Cc1cccc(-c2ccccc2)c1. The summed E-state index contributed by atoms with van der Waals surface area (Å²) in [6.07, 6.45) is 1.02. The van der Waals surface area contributed by atoms with Crippen molar-refractivity contribution < 1.29 is 23.3 Å². The molecule has 216 valence electrons. The molecule has 0 saturated carbocycles. The fraction of sp³-hybridized carbons (Fsp3) is 0.500. The van der Waals surface area contributed by atoms with Crippen molar-refractivity contribution in [3.63, 3.8) is 0 Å². The van der Waals surface area contributed by atoms with Gasteiger partial charge in [0.05, 0.1) is 28.4 Å². The Labute approximate surface area is 241 Å². The molecule has 0 aliphatic carbocycles. The van der Waals surface area contributed by atoms with E-state index in [9.17, 15) is 13.8 Å². The lowest BCUT2D eigenvalue weighted by Gasteiger charge is -2.48. The number of hydrogen-bond acceptors (Lipinski definition) is 5. The molecule has 1 aliphatic rings. The second-order valence-corrected chi connectivity index (χ2v) is 14.0. The largest absolute Gasteiger partial charge is 0.456 e. The van der Waals surface area contributed by atoms with Crippen molar-refractivity contribution in [2.24, 2.45) is 0 Å². The average Bonchev–Trinajstić information content (AvgIpc) is 2.88. The third kappa shape index (κ3) is 8.42. The summed E-state index contributed by atoms with van der Waals surface area (Å²) in [6.45, 7) is 13.5. The summed E-state index contributed by atoms with van der Waals surface area (Å²) < 4.78 is 27.1. The van der Waals surface area contributed by atoms with Gasteiger partial charge in [-0.05, 0) is 84.4 Å². The maximum absolute atomic E-state index is 13.6. The molecular weight excluding hydrogens is 524 g/mol. The van der Waals surface area contributed by atoms with Crippen LogP contribution in [0.25, 0.3) is 11.1 Å². The van der Waals surface area contributed by atoms with E-state index in [1.54, 1.807) is 11.8 Å². The van der Waals surface area contributed by atoms with Gasteiger partial charge in [-0.1, -0.05) is 60.5 Å². The average molecular weight is 567 g/mol. The molecule has 1 amide bonds. The van der Waals surface area contributed by atoms with Crippen LogP contribution in [0.5, 0.6) is 0 Å². The number of carbonyl (C=O) groups excluding carboxylic acids is 2. The zero-order valence-electron chi connectivity index (χ0n) is 24.7. The van der Waals surface area contributed by atoms with E-state index in [1.807, 2.05) is 77.9 Å². The maximum atomic E-state index is 13.6. The molecule has 1 saturated heterocycles. The summed E-state index contributed by atoms with van der Waals surface area (Å²) in [4.78, 5) is 27.6. The number of hydrogen-bond donors (Lipinski definition) is 1. The van der Waals surface area contributed by atoms with Crippen molar-refractivity contribution in [3.8, 4) is 23.0 Å². The Balaban J connectivity index is 2.14. The maximum Gasteiger partial charge on any atom is 0.410 e. The highest BCUT2D eigenvalue weighted by atomic mass is 32.2. The van der Waals surface area contributed by atoms with E-state index in [0.29, 0.717) is 25.8 Å². The first kappa shape index (κ1) is 31.4. The van der Waals surface area contributed by atoms with Gasteiger partial charge < -0.3 is 14.4 Å². The molecule has 1 N–H and O–H groups in total. The molecule has 1 fully saturated rings. The predicted molar refractivity (Wildman–Crippen MR) is 160 cm³/mol. The van der Waals surface area contributed by atoms with E-state index in [4.69, 9.17) is 9.47 Å².